The quantitative estimate of drug-likeness (QED) is 0.698. The van der Waals surface area contributed by atoms with Gasteiger partial charge in [0.05, 0.1) is 0 Å². The number of aryl methyl sites for hydroxylation is 3. The summed E-state index contributed by atoms with van der Waals surface area (Å²) in [6, 6.07) is 6.39. The van der Waals surface area contributed by atoms with Crippen LogP contribution >= 0.6 is 0 Å². The van der Waals surface area contributed by atoms with E-state index in [1.807, 2.05) is 0 Å². The van der Waals surface area contributed by atoms with E-state index < -0.39 is 0 Å². The standard InChI is InChI=1S/C11H12N.Y/c1-7-4-5-11-10(6-7)8(2)9(3)12-11;/h4-6H,1-3H3;/q-1;. The summed E-state index contributed by atoms with van der Waals surface area (Å²) >= 11 is 0. The Bertz CT molecular complexity index is 429. The van der Waals surface area contributed by atoms with Gasteiger partial charge in [0.1, 0.15) is 0 Å². The number of fused-ring (bicyclic) bond motifs is 1. The van der Waals surface area contributed by atoms with Gasteiger partial charge in [0, 0.05) is 32.7 Å². The Kier molecular flexibility index (Phi) is 3.31. The second kappa shape index (κ2) is 3.93. The predicted molar refractivity (Wildman–Crippen MR) is 51.5 cm³/mol. The Labute approximate surface area is 104 Å². The minimum absolute atomic E-state index is 0. The third-order valence-corrected chi connectivity index (χ3v) is 2.39. The molecule has 0 saturated heterocycles. The van der Waals surface area contributed by atoms with Gasteiger partial charge in [0.2, 0.25) is 0 Å². The molecule has 0 atom stereocenters. The molecule has 0 aliphatic rings. The Balaban J connectivity index is 0.000000845. The van der Waals surface area contributed by atoms with Crippen molar-refractivity contribution >= 4 is 10.9 Å². The molecular formula is C11H12NY-. The summed E-state index contributed by atoms with van der Waals surface area (Å²) in [5, 5.41) is 1.30. The molecule has 0 N–H and O–H groups in total. The van der Waals surface area contributed by atoms with Crippen LogP contribution in [0.15, 0.2) is 18.2 Å². The molecule has 0 spiro atoms. The smallest absolute Gasteiger partial charge is 0 e. The maximum atomic E-state index is 4.45. The molecule has 1 aromatic carbocycles. The molecule has 0 fully saturated rings. The summed E-state index contributed by atoms with van der Waals surface area (Å²) in [5.41, 5.74) is 4.89. The van der Waals surface area contributed by atoms with Gasteiger partial charge >= 0.3 is 0 Å². The molecule has 1 aromatic heterocycles. The molecule has 13 heavy (non-hydrogen) atoms. The van der Waals surface area contributed by atoms with Crippen molar-refractivity contribution in [3.8, 4) is 0 Å². The number of aromatic nitrogens is 1. The summed E-state index contributed by atoms with van der Waals surface area (Å²) in [6.45, 7) is 6.30. The van der Waals surface area contributed by atoms with Crippen molar-refractivity contribution in [3.05, 3.63) is 35.0 Å². The summed E-state index contributed by atoms with van der Waals surface area (Å²) < 4.78 is 0. The summed E-state index contributed by atoms with van der Waals surface area (Å²) in [7, 11) is 0. The number of hydrogen-bond acceptors (Lipinski definition) is 0. The van der Waals surface area contributed by atoms with E-state index >= 15 is 0 Å². The molecule has 1 radical (unpaired) electrons. The van der Waals surface area contributed by atoms with E-state index in [1.54, 1.807) is 0 Å². The van der Waals surface area contributed by atoms with E-state index in [0.29, 0.717) is 0 Å². The zero-order valence-corrected chi connectivity index (χ0v) is 11.1. The number of nitrogens with zero attached hydrogens (tertiary/aromatic N) is 1. The largest absolute Gasteiger partial charge is 0.661 e. The molecular weight excluding hydrogens is 235 g/mol. The Morgan fingerprint density at radius 2 is 1.77 bits per heavy atom. The molecule has 2 aromatic rings. The topological polar surface area (TPSA) is 14.1 Å². The van der Waals surface area contributed by atoms with Crippen molar-refractivity contribution in [2.75, 3.05) is 0 Å². The van der Waals surface area contributed by atoms with Crippen LogP contribution in [0.4, 0.5) is 0 Å². The fourth-order valence-electron chi connectivity index (χ4n) is 1.51. The van der Waals surface area contributed by atoms with Gasteiger partial charge in [-0.25, -0.2) is 0 Å². The maximum Gasteiger partial charge on any atom is 0 e. The minimum atomic E-state index is 0. The fourth-order valence-corrected chi connectivity index (χ4v) is 1.51. The van der Waals surface area contributed by atoms with E-state index in [0.717, 1.165) is 11.2 Å². The molecule has 0 saturated carbocycles. The maximum absolute atomic E-state index is 4.45. The minimum Gasteiger partial charge on any atom is -0.661 e. The van der Waals surface area contributed by atoms with E-state index in [-0.39, 0.29) is 32.7 Å². The van der Waals surface area contributed by atoms with Gasteiger partial charge in [0.25, 0.3) is 0 Å². The summed E-state index contributed by atoms with van der Waals surface area (Å²) in [5.74, 6) is 0. The summed E-state index contributed by atoms with van der Waals surface area (Å²) in [4.78, 5) is 4.45. The van der Waals surface area contributed by atoms with Crippen LogP contribution in [-0.2, 0) is 32.7 Å². The molecule has 0 aliphatic carbocycles. The zero-order valence-electron chi connectivity index (χ0n) is 8.26. The normalized spacial score (nSPS) is 10.1. The molecule has 0 aliphatic heterocycles. The van der Waals surface area contributed by atoms with Crippen molar-refractivity contribution in [2.45, 2.75) is 20.8 Å². The zero-order chi connectivity index (χ0) is 8.72. The first kappa shape index (κ1) is 10.9. The van der Waals surface area contributed by atoms with E-state index in [1.165, 1.54) is 16.5 Å². The van der Waals surface area contributed by atoms with Gasteiger partial charge < -0.3 is 4.98 Å². The Morgan fingerprint density at radius 3 is 2.46 bits per heavy atom. The van der Waals surface area contributed by atoms with Crippen LogP contribution in [0, 0.1) is 20.8 Å². The number of rotatable bonds is 0. The average Bonchev–Trinajstić information content (AvgIpc) is 2.31. The first-order valence-corrected chi connectivity index (χ1v) is 4.19. The Hall–Kier alpha value is -0.136. The number of hydrogen-bond donors (Lipinski definition) is 0. The van der Waals surface area contributed by atoms with Crippen LogP contribution in [-0.4, -0.2) is 0 Å². The van der Waals surface area contributed by atoms with Crippen molar-refractivity contribution in [1.82, 2.24) is 4.98 Å². The molecule has 0 unspecified atom stereocenters. The van der Waals surface area contributed by atoms with Crippen molar-refractivity contribution in [3.63, 3.8) is 0 Å². The van der Waals surface area contributed by atoms with E-state index in [2.05, 4.69) is 44.0 Å². The van der Waals surface area contributed by atoms with Crippen molar-refractivity contribution < 1.29 is 32.7 Å². The third kappa shape index (κ3) is 1.87. The van der Waals surface area contributed by atoms with Crippen LogP contribution < -0.4 is 4.98 Å². The summed E-state index contributed by atoms with van der Waals surface area (Å²) in [6.07, 6.45) is 0. The fraction of sp³-hybridized carbons (Fsp3) is 0.273. The van der Waals surface area contributed by atoms with Crippen molar-refractivity contribution in [2.24, 2.45) is 0 Å². The van der Waals surface area contributed by atoms with Crippen molar-refractivity contribution in [1.29, 1.82) is 0 Å². The van der Waals surface area contributed by atoms with Gasteiger partial charge in [-0.1, -0.05) is 36.2 Å². The molecule has 65 valence electrons. The van der Waals surface area contributed by atoms with Crippen LogP contribution in [0.2, 0.25) is 0 Å². The second-order valence-electron chi connectivity index (χ2n) is 3.34. The molecule has 2 rings (SSSR count). The van der Waals surface area contributed by atoms with Crippen LogP contribution in [0.1, 0.15) is 16.8 Å². The molecule has 1 nitrogen and oxygen atoms in total. The van der Waals surface area contributed by atoms with E-state index in [4.69, 9.17) is 0 Å². The molecule has 0 amide bonds. The first-order chi connectivity index (χ1) is 5.68. The molecule has 0 bridgehead atoms. The van der Waals surface area contributed by atoms with Gasteiger partial charge in [-0.15, -0.1) is 5.52 Å². The van der Waals surface area contributed by atoms with Crippen LogP contribution in [0.3, 0.4) is 0 Å². The SMILES string of the molecule is Cc1ccc2[n-]c(C)c(C)c2c1.[Y]. The third-order valence-electron chi connectivity index (χ3n) is 2.39. The van der Waals surface area contributed by atoms with Crippen LogP contribution in [0.5, 0.6) is 0 Å². The predicted octanol–water partition coefficient (Wildman–Crippen LogP) is 2.72. The molecule has 2 heteroatoms. The monoisotopic (exact) mass is 247 g/mol. The first-order valence-electron chi connectivity index (χ1n) is 4.19. The van der Waals surface area contributed by atoms with Gasteiger partial charge in [0.15, 0.2) is 0 Å². The molecule has 1 heterocycles. The second-order valence-corrected chi connectivity index (χ2v) is 3.34. The van der Waals surface area contributed by atoms with Crippen LogP contribution in [0.25, 0.3) is 10.9 Å². The Morgan fingerprint density at radius 1 is 1.08 bits per heavy atom. The van der Waals surface area contributed by atoms with E-state index in [9.17, 15) is 0 Å². The van der Waals surface area contributed by atoms with Gasteiger partial charge in [-0.3, -0.25) is 0 Å². The number of benzene rings is 1. The van der Waals surface area contributed by atoms with Gasteiger partial charge in [-0.05, 0) is 19.2 Å². The average molecular weight is 247 g/mol. The van der Waals surface area contributed by atoms with Gasteiger partial charge in [-0.2, -0.15) is 5.69 Å².